The van der Waals surface area contributed by atoms with Gasteiger partial charge in [-0.3, -0.25) is 4.79 Å². The van der Waals surface area contributed by atoms with E-state index in [1.54, 1.807) is 37.4 Å². The van der Waals surface area contributed by atoms with Gasteiger partial charge in [0.15, 0.2) is 6.10 Å². The van der Waals surface area contributed by atoms with Crippen LogP contribution in [0, 0.1) is 6.92 Å². The minimum Gasteiger partial charge on any atom is -0.454 e. The smallest absolute Gasteiger partial charge is 0.375 e. The number of nitrogens with one attached hydrogen (secondary N) is 1. The summed E-state index contributed by atoms with van der Waals surface area (Å²) in [6, 6.07) is 18.1. The molecule has 2 aromatic heterocycles. The molecule has 0 aliphatic heterocycles. The Morgan fingerprint density at radius 1 is 1.03 bits per heavy atom. The van der Waals surface area contributed by atoms with E-state index in [2.05, 4.69) is 11.9 Å². The second-order valence-electron chi connectivity index (χ2n) is 6.87. The number of para-hydroxylation sites is 1. The monoisotopic (exact) mass is 387 g/mol. The highest BCUT2D eigenvalue weighted by atomic mass is 16.6. The Balaban J connectivity index is 1.73. The van der Waals surface area contributed by atoms with E-state index >= 15 is 0 Å². The van der Waals surface area contributed by atoms with Crippen LogP contribution in [-0.2, 0) is 11.2 Å². The van der Waals surface area contributed by atoms with Crippen molar-refractivity contribution in [2.75, 3.05) is 0 Å². The lowest BCUT2D eigenvalue weighted by Gasteiger charge is -2.16. The van der Waals surface area contributed by atoms with E-state index in [0.29, 0.717) is 16.9 Å². The van der Waals surface area contributed by atoms with Crippen LogP contribution in [0.2, 0.25) is 0 Å². The fraction of sp³-hybridized carbons (Fsp3) is 0.167. The summed E-state index contributed by atoms with van der Waals surface area (Å²) in [6.45, 7) is 3.81. The molecule has 1 atom stereocenters. The molecule has 0 saturated carbocycles. The summed E-state index contributed by atoms with van der Waals surface area (Å²) in [5.74, 6) is -0.284. The number of ketones is 1. The molecular weight excluding hydrogens is 366 g/mol. The summed E-state index contributed by atoms with van der Waals surface area (Å²) in [6.07, 6.45) is 1.46. The Kier molecular flexibility index (Phi) is 5.04. The van der Waals surface area contributed by atoms with E-state index in [9.17, 15) is 9.59 Å². The van der Waals surface area contributed by atoms with Crippen molar-refractivity contribution < 1.29 is 18.7 Å². The molecule has 2 heterocycles. The standard InChI is InChI=1S/C24H21NO4/c1-3-16-10-7-11-18-19(14-25-21(16)18)22(26)23(17-8-5-4-6-9-17)29-24(27)20-13-12-15(2)28-20/h4-14,23,25H,3H2,1-2H3. The first kappa shape index (κ1) is 18.7. The lowest BCUT2D eigenvalue weighted by atomic mass is 9.98. The van der Waals surface area contributed by atoms with Crippen LogP contribution in [0.15, 0.2) is 71.3 Å². The number of aromatic amines is 1. The van der Waals surface area contributed by atoms with E-state index in [1.807, 2.05) is 36.4 Å². The van der Waals surface area contributed by atoms with Gasteiger partial charge in [0, 0.05) is 28.2 Å². The highest BCUT2D eigenvalue weighted by Gasteiger charge is 2.29. The molecular formula is C24H21NO4. The Labute approximate surface area is 168 Å². The van der Waals surface area contributed by atoms with Gasteiger partial charge in [-0.05, 0) is 31.0 Å². The van der Waals surface area contributed by atoms with Crippen molar-refractivity contribution in [2.45, 2.75) is 26.4 Å². The predicted octanol–water partition coefficient (Wildman–Crippen LogP) is 5.41. The first-order valence-electron chi connectivity index (χ1n) is 9.54. The van der Waals surface area contributed by atoms with Gasteiger partial charge < -0.3 is 14.1 Å². The van der Waals surface area contributed by atoms with Gasteiger partial charge in [-0.1, -0.05) is 55.5 Å². The fourth-order valence-electron chi connectivity index (χ4n) is 3.47. The lowest BCUT2D eigenvalue weighted by molar-refractivity contribution is 0.0250. The number of aromatic nitrogens is 1. The van der Waals surface area contributed by atoms with Crippen molar-refractivity contribution in [3.05, 3.63) is 95.1 Å². The summed E-state index contributed by atoms with van der Waals surface area (Å²) in [5, 5.41) is 0.820. The third-order valence-electron chi connectivity index (χ3n) is 4.96. The Hall–Kier alpha value is -3.60. The molecule has 29 heavy (non-hydrogen) atoms. The average molecular weight is 387 g/mol. The number of carbonyl (C=O) groups excluding carboxylic acids is 2. The first-order valence-corrected chi connectivity index (χ1v) is 9.54. The maximum absolute atomic E-state index is 13.5. The van der Waals surface area contributed by atoms with Crippen LogP contribution in [0.1, 0.15) is 50.8 Å². The summed E-state index contributed by atoms with van der Waals surface area (Å²) < 4.78 is 11.0. The number of fused-ring (bicyclic) bond motifs is 1. The molecule has 4 rings (SSSR count). The first-order chi connectivity index (χ1) is 14.1. The Morgan fingerprint density at radius 3 is 2.52 bits per heavy atom. The number of esters is 1. The maximum Gasteiger partial charge on any atom is 0.375 e. The number of carbonyl (C=O) groups is 2. The molecule has 2 aromatic carbocycles. The Bertz CT molecular complexity index is 1170. The van der Waals surface area contributed by atoms with Crippen LogP contribution in [0.4, 0.5) is 0 Å². The number of aryl methyl sites for hydroxylation is 2. The molecule has 0 spiro atoms. The van der Waals surface area contributed by atoms with Gasteiger partial charge in [0.2, 0.25) is 11.5 Å². The molecule has 146 valence electrons. The maximum atomic E-state index is 13.5. The number of furan rings is 1. The molecule has 0 amide bonds. The normalized spacial score (nSPS) is 12.1. The SMILES string of the molecule is CCc1cccc2c(C(=O)C(OC(=O)c3ccc(C)o3)c3ccccc3)c[nH]c12. The molecule has 0 bridgehead atoms. The molecule has 1 N–H and O–H groups in total. The van der Waals surface area contributed by atoms with Crippen LogP contribution in [-0.4, -0.2) is 16.7 Å². The Morgan fingerprint density at radius 2 is 1.83 bits per heavy atom. The summed E-state index contributed by atoms with van der Waals surface area (Å²) in [4.78, 5) is 29.3. The number of Topliss-reactive ketones (excluding diaryl/α,β-unsaturated/α-hetero) is 1. The zero-order valence-corrected chi connectivity index (χ0v) is 16.3. The van der Waals surface area contributed by atoms with E-state index in [4.69, 9.17) is 9.15 Å². The van der Waals surface area contributed by atoms with E-state index in [1.165, 1.54) is 0 Å². The average Bonchev–Trinajstić information content (AvgIpc) is 3.38. The van der Waals surface area contributed by atoms with Gasteiger partial charge in [0.1, 0.15) is 5.76 Å². The topological polar surface area (TPSA) is 72.3 Å². The van der Waals surface area contributed by atoms with Crippen molar-refractivity contribution in [2.24, 2.45) is 0 Å². The molecule has 5 heteroatoms. The minimum absolute atomic E-state index is 0.0726. The summed E-state index contributed by atoms with van der Waals surface area (Å²) in [7, 11) is 0. The zero-order valence-electron chi connectivity index (χ0n) is 16.3. The molecule has 0 saturated heterocycles. The van der Waals surface area contributed by atoms with Gasteiger partial charge in [-0.2, -0.15) is 0 Å². The molecule has 0 aliphatic carbocycles. The van der Waals surface area contributed by atoms with E-state index in [0.717, 1.165) is 22.9 Å². The minimum atomic E-state index is -1.07. The van der Waals surface area contributed by atoms with Gasteiger partial charge in [-0.25, -0.2) is 4.79 Å². The second kappa shape index (κ2) is 7.80. The highest BCUT2D eigenvalue weighted by Crippen LogP contribution is 2.29. The van der Waals surface area contributed by atoms with Crippen molar-refractivity contribution in [1.82, 2.24) is 4.98 Å². The third kappa shape index (κ3) is 3.59. The number of hydrogen-bond acceptors (Lipinski definition) is 4. The second-order valence-corrected chi connectivity index (χ2v) is 6.87. The fourth-order valence-corrected chi connectivity index (χ4v) is 3.47. The quantitative estimate of drug-likeness (QED) is 0.354. The van der Waals surface area contributed by atoms with Crippen molar-refractivity contribution >= 4 is 22.7 Å². The summed E-state index contributed by atoms with van der Waals surface area (Å²) >= 11 is 0. The number of ether oxygens (including phenoxy) is 1. The van der Waals surface area contributed by atoms with Gasteiger partial charge in [0.25, 0.3) is 0 Å². The van der Waals surface area contributed by atoms with Crippen molar-refractivity contribution in [1.29, 1.82) is 0 Å². The zero-order chi connectivity index (χ0) is 20.4. The van der Waals surface area contributed by atoms with Gasteiger partial charge >= 0.3 is 5.97 Å². The molecule has 1 unspecified atom stereocenters. The summed E-state index contributed by atoms with van der Waals surface area (Å²) in [5.41, 5.74) is 3.15. The van der Waals surface area contributed by atoms with Crippen molar-refractivity contribution in [3.63, 3.8) is 0 Å². The number of hydrogen-bond donors (Lipinski definition) is 1. The van der Waals surface area contributed by atoms with Crippen LogP contribution in [0.25, 0.3) is 10.9 Å². The number of H-pyrrole nitrogens is 1. The molecule has 5 nitrogen and oxygen atoms in total. The van der Waals surface area contributed by atoms with Crippen molar-refractivity contribution in [3.8, 4) is 0 Å². The predicted molar refractivity (Wildman–Crippen MR) is 110 cm³/mol. The number of benzene rings is 2. The van der Waals surface area contributed by atoms with Gasteiger partial charge in [0.05, 0.1) is 0 Å². The number of rotatable bonds is 6. The molecule has 0 aliphatic rings. The van der Waals surface area contributed by atoms with Crippen LogP contribution in [0.3, 0.4) is 0 Å². The lowest BCUT2D eigenvalue weighted by Crippen LogP contribution is -2.20. The van der Waals surface area contributed by atoms with Crippen LogP contribution < -0.4 is 0 Å². The van der Waals surface area contributed by atoms with Crippen LogP contribution >= 0.6 is 0 Å². The van der Waals surface area contributed by atoms with Gasteiger partial charge in [-0.15, -0.1) is 0 Å². The molecule has 0 fully saturated rings. The largest absolute Gasteiger partial charge is 0.454 e. The van der Waals surface area contributed by atoms with E-state index < -0.39 is 12.1 Å². The molecule has 4 aromatic rings. The van der Waals surface area contributed by atoms with Crippen LogP contribution in [0.5, 0.6) is 0 Å². The third-order valence-corrected chi connectivity index (χ3v) is 4.96. The van der Waals surface area contributed by atoms with E-state index in [-0.39, 0.29) is 11.5 Å². The highest BCUT2D eigenvalue weighted by molar-refractivity contribution is 6.11. The molecule has 0 radical (unpaired) electrons.